The van der Waals surface area contributed by atoms with Crippen LogP contribution in [0.25, 0.3) is 0 Å². The molecular weight excluding hydrogens is 336 g/mol. The lowest BCUT2D eigenvalue weighted by atomic mass is 9.85. The highest BCUT2D eigenvalue weighted by atomic mass is 14.2. The van der Waals surface area contributed by atoms with Gasteiger partial charge in [0.1, 0.15) is 0 Å². The summed E-state index contributed by atoms with van der Waals surface area (Å²) in [6.45, 7) is 28.3. The van der Waals surface area contributed by atoms with Crippen LogP contribution in [0.5, 0.6) is 0 Å². The summed E-state index contributed by atoms with van der Waals surface area (Å²) < 4.78 is 0. The van der Waals surface area contributed by atoms with E-state index < -0.39 is 0 Å². The first-order valence-corrected chi connectivity index (χ1v) is 11.4. The molecule has 0 N–H and O–H groups in total. The Kier molecular flexibility index (Phi) is 14.0. The lowest BCUT2D eigenvalue weighted by Gasteiger charge is -2.21. The van der Waals surface area contributed by atoms with Crippen molar-refractivity contribution < 1.29 is 0 Å². The Labute approximate surface area is 177 Å². The summed E-state index contributed by atoms with van der Waals surface area (Å²) in [4.78, 5) is 0. The Morgan fingerprint density at radius 2 is 1.50 bits per heavy atom. The van der Waals surface area contributed by atoms with E-state index in [4.69, 9.17) is 0 Å². The number of allylic oxidation sites excluding steroid dienone is 6. The highest BCUT2D eigenvalue weighted by Gasteiger charge is 2.12. The van der Waals surface area contributed by atoms with Crippen LogP contribution in [-0.4, -0.2) is 0 Å². The van der Waals surface area contributed by atoms with Crippen molar-refractivity contribution in [3.8, 4) is 0 Å². The zero-order chi connectivity index (χ0) is 21.6. The molecule has 0 aromatic rings. The van der Waals surface area contributed by atoms with Gasteiger partial charge in [-0.15, -0.1) is 0 Å². The zero-order valence-electron chi connectivity index (χ0n) is 19.8. The van der Waals surface area contributed by atoms with Crippen molar-refractivity contribution in [2.24, 2.45) is 11.3 Å². The second-order valence-electron chi connectivity index (χ2n) is 9.81. The van der Waals surface area contributed by atoms with E-state index in [0.717, 1.165) is 38.0 Å². The molecule has 0 aromatic carbocycles. The topological polar surface area (TPSA) is 0 Å². The normalized spacial score (nSPS) is 12.9. The summed E-state index contributed by atoms with van der Waals surface area (Å²) in [6, 6.07) is 0. The maximum absolute atomic E-state index is 4.33. The second kappa shape index (κ2) is 14.7. The molecule has 0 saturated carbocycles. The van der Waals surface area contributed by atoms with E-state index in [-0.39, 0.29) is 0 Å². The summed E-state index contributed by atoms with van der Waals surface area (Å²) in [5, 5.41) is 0. The third-order valence-corrected chi connectivity index (χ3v) is 5.57. The molecule has 0 saturated heterocycles. The van der Waals surface area contributed by atoms with E-state index >= 15 is 0 Å². The molecule has 0 aliphatic heterocycles. The predicted octanol–water partition coefficient (Wildman–Crippen LogP) is 9.76. The average Bonchev–Trinajstić information content (AvgIpc) is 2.61. The SMILES string of the molecule is C=C(/C=C/CC(=C)CC(=C)CCC(=C)CCC(CC)CCCC(C)(C)C)CC. The van der Waals surface area contributed by atoms with Gasteiger partial charge in [-0.2, -0.15) is 0 Å². The van der Waals surface area contributed by atoms with Crippen LogP contribution in [0.2, 0.25) is 0 Å². The van der Waals surface area contributed by atoms with Gasteiger partial charge < -0.3 is 0 Å². The first-order valence-electron chi connectivity index (χ1n) is 11.4. The van der Waals surface area contributed by atoms with E-state index in [1.165, 1.54) is 60.8 Å². The van der Waals surface area contributed by atoms with Gasteiger partial charge in [0.05, 0.1) is 0 Å². The summed E-state index contributed by atoms with van der Waals surface area (Å²) in [5.41, 5.74) is 5.55. The molecule has 1 unspecified atom stereocenters. The van der Waals surface area contributed by atoms with Crippen molar-refractivity contribution in [2.45, 2.75) is 105 Å². The minimum atomic E-state index is 0.464. The highest BCUT2D eigenvalue weighted by molar-refractivity contribution is 5.18. The summed E-state index contributed by atoms with van der Waals surface area (Å²) >= 11 is 0. The Hall–Kier alpha value is -1.30. The third-order valence-electron chi connectivity index (χ3n) is 5.57. The maximum Gasteiger partial charge on any atom is -0.0111 e. The molecule has 0 aliphatic rings. The molecule has 1 atom stereocenters. The highest BCUT2D eigenvalue weighted by Crippen LogP contribution is 2.27. The Bertz CT molecular complexity index is 521. The van der Waals surface area contributed by atoms with Crippen molar-refractivity contribution in [1.29, 1.82) is 0 Å². The first kappa shape index (κ1) is 26.7. The standard InChI is InChI=1S/C28H48/c1-10-23(3)14-12-15-25(5)22-26(6)18-17-24(4)19-20-27(11-2)16-13-21-28(7,8)9/h12,14,27H,3-6,10-11,13,15-22H2,1-2,7-9H3/b14-12+. The molecule has 0 spiro atoms. The molecular formula is C28H48. The number of rotatable bonds is 16. The molecule has 0 nitrogen and oxygen atoms in total. The van der Waals surface area contributed by atoms with Gasteiger partial charge in [0.25, 0.3) is 0 Å². The van der Waals surface area contributed by atoms with Gasteiger partial charge in [0, 0.05) is 0 Å². The molecule has 0 bridgehead atoms. The fourth-order valence-electron chi connectivity index (χ4n) is 3.38. The average molecular weight is 385 g/mol. The van der Waals surface area contributed by atoms with Crippen molar-refractivity contribution in [3.05, 3.63) is 60.8 Å². The predicted molar refractivity (Wildman–Crippen MR) is 131 cm³/mol. The smallest absolute Gasteiger partial charge is 0.0111 e. The Morgan fingerprint density at radius 3 is 2.07 bits per heavy atom. The van der Waals surface area contributed by atoms with Crippen LogP contribution < -0.4 is 0 Å². The van der Waals surface area contributed by atoms with Crippen LogP contribution in [0.1, 0.15) is 105 Å². The summed E-state index contributed by atoms with van der Waals surface area (Å²) in [7, 11) is 0. The number of hydrogen-bond donors (Lipinski definition) is 0. The van der Waals surface area contributed by atoms with Crippen LogP contribution in [-0.2, 0) is 0 Å². The first-order chi connectivity index (χ1) is 13.1. The monoisotopic (exact) mass is 384 g/mol. The van der Waals surface area contributed by atoms with E-state index in [1.807, 2.05) is 0 Å². The minimum absolute atomic E-state index is 0.464. The lowest BCUT2D eigenvalue weighted by Crippen LogP contribution is -2.07. The van der Waals surface area contributed by atoms with Gasteiger partial charge in [0.2, 0.25) is 0 Å². The largest absolute Gasteiger partial charge is 0.0999 e. The fraction of sp³-hybridized carbons (Fsp3) is 0.643. The van der Waals surface area contributed by atoms with Gasteiger partial charge in [-0.25, -0.2) is 0 Å². The Morgan fingerprint density at radius 1 is 0.857 bits per heavy atom. The fourth-order valence-corrected chi connectivity index (χ4v) is 3.38. The van der Waals surface area contributed by atoms with Crippen molar-refractivity contribution in [1.82, 2.24) is 0 Å². The van der Waals surface area contributed by atoms with Crippen LogP contribution in [0, 0.1) is 11.3 Å². The van der Waals surface area contributed by atoms with E-state index in [9.17, 15) is 0 Å². The molecule has 0 heteroatoms. The molecule has 0 radical (unpaired) electrons. The molecule has 28 heavy (non-hydrogen) atoms. The number of hydrogen-bond acceptors (Lipinski definition) is 0. The van der Waals surface area contributed by atoms with Gasteiger partial charge in [0.15, 0.2) is 0 Å². The van der Waals surface area contributed by atoms with Crippen molar-refractivity contribution in [3.63, 3.8) is 0 Å². The van der Waals surface area contributed by atoms with Crippen LogP contribution in [0.4, 0.5) is 0 Å². The molecule has 0 amide bonds. The van der Waals surface area contributed by atoms with E-state index in [1.54, 1.807) is 0 Å². The molecule has 0 rings (SSSR count). The molecule has 0 aliphatic carbocycles. The molecule has 160 valence electrons. The van der Waals surface area contributed by atoms with Crippen molar-refractivity contribution in [2.75, 3.05) is 0 Å². The lowest BCUT2D eigenvalue weighted by molar-refractivity contribution is 0.327. The third kappa shape index (κ3) is 15.7. The van der Waals surface area contributed by atoms with E-state index in [0.29, 0.717) is 5.41 Å². The minimum Gasteiger partial charge on any atom is -0.0999 e. The summed E-state index contributed by atoms with van der Waals surface area (Å²) in [6.07, 6.45) is 17.1. The van der Waals surface area contributed by atoms with Crippen LogP contribution in [0.15, 0.2) is 60.8 Å². The summed E-state index contributed by atoms with van der Waals surface area (Å²) in [5.74, 6) is 0.853. The van der Waals surface area contributed by atoms with Gasteiger partial charge in [-0.05, 0) is 62.7 Å². The Balaban J connectivity index is 4.03. The van der Waals surface area contributed by atoms with Crippen LogP contribution >= 0.6 is 0 Å². The van der Waals surface area contributed by atoms with Gasteiger partial charge in [-0.3, -0.25) is 0 Å². The maximum atomic E-state index is 4.33. The molecule has 0 fully saturated rings. The molecule has 0 aromatic heterocycles. The zero-order valence-corrected chi connectivity index (χ0v) is 19.8. The van der Waals surface area contributed by atoms with E-state index in [2.05, 4.69) is 73.1 Å². The van der Waals surface area contributed by atoms with Gasteiger partial charge in [-0.1, -0.05) is 115 Å². The second-order valence-corrected chi connectivity index (χ2v) is 9.81. The van der Waals surface area contributed by atoms with Gasteiger partial charge >= 0.3 is 0 Å². The van der Waals surface area contributed by atoms with Crippen LogP contribution in [0.3, 0.4) is 0 Å². The molecule has 0 heterocycles. The quantitative estimate of drug-likeness (QED) is 0.183. The van der Waals surface area contributed by atoms with Crippen molar-refractivity contribution >= 4 is 0 Å².